The molecule has 0 bridgehead atoms. The highest BCUT2D eigenvalue weighted by atomic mass is 32.1. The fraction of sp³-hybridized carbons (Fsp3) is 0.267. The molecule has 2 N–H and O–H groups in total. The standard InChI is InChI=1S/C15H17NO3S/c1-19-10-14(17)16-9-12-7-8-13(20-12)15(18)11-5-3-2-4-6-11/h2-8,15,18H,9-10H2,1H3,(H,16,17). The Labute approximate surface area is 122 Å². The Kier molecular flexibility index (Phi) is 5.29. The first-order valence-electron chi connectivity index (χ1n) is 6.28. The van der Waals surface area contributed by atoms with Crippen molar-refractivity contribution in [2.45, 2.75) is 12.6 Å². The molecule has 0 saturated heterocycles. The lowest BCUT2D eigenvalue weighted by atomic mass is 10.1. The third kappa shape index (κ3) is 3.90. The van der Waals surface area contributed by atoms with Gasteiger partial charge in [-0.05, 0) is 17.7 Å². The van der Waals surface area contributed by atoms with E-state index in [4.69, 9.17) is 4.74 Å². The molecule has 2 aromatic rings. The second kappa shape index (κ2) is 7.19. The number of hydrogen-bond donors (Lipinski definition) is 2. The Balaban J connectivity index is 1.97. The molecule has 4 nitrogen and oxygen atoms in total. The van der Waals surface area contributed by atoms with Crippen LogP contribution in [-0.4, -0.2) is 24.7 Å². The normalized spacial score (nSPS) is 12.1. The summed E-state index contributed by atoms with van der Waals surface area (Å²) in [5.74, 6) is -0.147. The predicted octanol–water partition coefficient (Wildman–Crippen LogP) is 2.09. The minimum absolute atomic E-state index is 0.0604. The number of amides is 1. The molecule has 0 aliphatic carbocycles. The fourth-order valence-electron chi connectivity index (χ4n) is 1.80. The number of methoxy groups -OCH3 is 1. The monoisotopic (exact) mass is 291 g/mol. The van der Waals surface area contributed by atoms with Gasteiger partial charge >= 0.3 is 0 Å². The van der Waals surface area contributed by atoms with Gasteiger partial charge in [0.15, 0.2) is 0 Å². The first-order valence-corrected chi connectivity index (χ1v) is 7.09. The van der Waals surface area contributed by atoms with Gasteiger partial charge in [-0.25, -0.2) is 0 Å². The number of aliphatic hydroxyl groups excluding tert-OH is 1. The first-order chi connectivity index (χ1) is 9.70. The zero-order valence-corrected chi connectivity index (χ0v) is 12.0. The molecule has 1 heterocycles. The van der Waals surface area contributed by atoms with Crippen LogP contribution in [-0.2, 0) is 16.1 Å². The molecule has 106 valence electrons. The van der Waals surface area contributed by atoms with Crippen LogP contribution in [0.2, 0.25) is 0 Å². The lowest BCUT2D eigenvalue weighted by Crippen LogP contribution is -2.26. The Hall–Kier alpha value is -1.69. The minimum atomic E-state index is -0.621. The third-order valence-corrected chi connectivity index (χ3v) is 3.94. The molecule has 0 aliphatic rings. The summed E-state index contributed by atoms with van der Waals surface area (Å²) in [6.07, 6.45) is -0.621. The van der Waals surface area contributed by atoms with Gasteiger partial charge in [-0.1, -0.05) is 30.3 Å². The molecule has 1 aromatic carbocycles. The molecule has 1 aromatic heterocycles. The van der Waals surface area contributed by atoms with E-state index in [2.05, 4.69) is 5.32 Å². The van der Waals surface area contributed by atoms with Gasteiger partial charge in [-0.2, -0.15) is 0 Å². The second-order valence-corrected chi connectivity index (χ2v) is 5.53. The largest absolute Gasteiger partial charge is 0.383 e. The summed E-state index contributed by atoms with van der Waals surface area (Å²) >= 11 is 1.49. The predicted molar refractivity (Wildman–Crippen MR) is 78.5 cm³/mol. The number of benzene rings is 1. The van der Waals surface area contributed by atoms with Gasteiger partial charge in [0.2, 0.25) is 5.91 Å². The molecular weight excluding hydrogens is 274 g/mol. The number of thiophene rings is 1. The van der Waals surface area contributed by atoms with Gasteiger partial charge in [0, 0.05) is 16.9 Å². The number of ether oxygens (including phenoxy) is 1. The Bertz CT molecular complexity index is 553. The van der Waals surface area contributed by atoms with Gasteiger partial charge in [-0.3, -0.25) is 4.79 Å². The third-order valence-electron chi connectivity index (χ3n) is 2.80. The van der Waals surface area contributed by atoms with Crippen LogP contribution in [0.15, 0.2) is 42.5 Å². The van der Waals surface area contributed by atoms with Crippen molar-refractivity contribution in [1.29, 1.82) is 0 Å². The van der Waals surface area contributed by atoms with Gasteiger partial charge in [-0.15, -0.1) is 11.3 Å². The van der Waals surface area contributed by atoms with E-state index in [-0.39, 0.29) is 12.5 Å². The van der Waals surface area contributed by atoms with Gasteiger partial charge in [0.05, 0.1) is 6.54 Å². The van der Waals surface area contributed by atoms with Crippen molar-refractivity contribution in [3.05, 3.63) is 57.8 Å². The lowest BCUT2D eigenvalue weighted by Gasteiger charge is -2.08. The fourth-order valence-corrected chi connectivity index (χ4v) is 2.77. The van der Waals surface area contributed by atoms with E-state index in [1.807, 2.05) is 42.5 Å². The number of carbonyl (C=O) groups is 1. The summed E-state index contributed by atoms with van der Waals surface area (Å²) < 4.78 is 4.74. The number of carbonyl (C=O) groups excluding carboxylic acids is 1. The average Bonchev–Trinajstić information content (AvgIpc) is 2.94. The molecule has 1 atom stereocenters. The second-order valence-electron chi connectivity index (χ2n) is 4.33. The summed E-state index contributed by atoms with van der Waals surface area (Å²) in [5, 5.41) is 13.0. The van der Waals surface area contributed by atoms with Crippen LogP contribution in [0.4, 0.5) is 0 Å². The number of aliphatic hydroxyl groups is 1. The van der Waals surface area contributed by atoms with Crippen molar-refractivity contribution in [2.24, 2.45) is 0 Å². The van der Waals surface area contributed by atoms with Crippen LogP contribution in [0.5, 0.6) is 0 Å². The van der Waals surface area contributed by atoms with E-state index in [1.165, 1.54) is 18.4 Å². The lowest BCUT2D eigenvalue weighted by molar-refractivity contribution is -0.124. The molecule has 0 saturated carbocycles. The molecule has 1 amide bonds. The van der Waals surface area contributed by atoms with Crippen molar-refractivity contribution in [3.8, 4) is 0 Å². The number of hydrogen-bond acceptors (Lipinski definition) is 4. The maximum atomic E-state index is 11.3. The van der Waals surface area contributed by atoms with Crippen LogP contribution in [0.3, 0.4) is 0 Å². The van der Waals surface area contributed by atoms with E-state index in [0.29, 0.717) is 6.54 Å². The Morgan fingerprint density at radius 2 is 2.05 bits per heavy atom. The first kappa shape index (κ1) is 14.7. The summed E-state index contributed by atoms with van der Waals surface area (Å²) in [6.45, 7) is 0.513. The summed E-state index contributed by atoms with van der Waals surface area (Å²) in [5.41, 5.74) is 0.865. The van der Waals surface area contributed by atoms with Gasteiger partial charge < -0.3 is 15.2 Å². The maximum absolute atomic E-state index is 11.3. The highest BCUT2D eigenvalue weighted by molar-refractivity contribution is 7.12. The Morgan fingerprint density at radius 1 is 1.30 bits per heavy atom. The van der Waals surface area contributed by atoms with Crippen molar-refractivity contribution >= 4 is 17.2 Å². The molecule has 2 rings (SSSR count). The van der Waals surface area contributed by atoms with E-state index in [1.54, 1.807) is 0 Å². The maximum Gasteiger partial charge on any atom is 0.246 e. The van der Waals surface area contributed by atoms with Crippen molar-refractivity contribution < 1.29 is 14.6 Å². The average molecular weight is 291 g/mol. The molecule has 0 aliphatic heterocycles. The highest BCUT2D eigenvalue weighted by Crippen LogP contribution is 2.28. The molecular formula is C15H17NO3S. The van der Waals surface area contributed by atoms with Crippen molar-refractivity contribution in [3.63, 3.8) is 0 Å². The number of nitrogens with one attached hydrogen (secondary N) is 1. The highest BCUT2D eigenvalue weighted by Gasteiger charge is 2.12. The molecule has 1 unspecified atom stereocenters. The minimum Gasteiger partial charge on any atom is -0.383 e. The summed E-state index contributed by atoms with van der Waals surface area (Å²) in [7, 11) is 1.49. The van der Waals surface area contributed by atoms with E-state index >= 15 is 0 Å². The molecule has 0 fully saturated rings. The zero-order valence-electron chi connectivity index (χ0n) is 11.2. The molecule has 5 heteroatoms. The number of rotatable bonds is 6. The van der Waals surface area contributed by atoms with Crippen LogP contribution >= 0.6 is 11.3 Å². The van der Waals surface area contributed by atoms with Crippen LogP contribution < -0.4 is 5.32 Å². The molecule has 0 radical (unpaired) electrons. The van der Waals surface area contributed by atoms with Crippen LogP contribution in [0, 0.1) is 0 Å². The van der Waals surface area contributed by atoms with Crippen molar-refractivity contribution in [2.75, 3.05) is 13.7 Å². The summed E-state index contributed by atoms with van der Waals surface area (Å²) in [6, 6.07) is 13.3. The van der Waals surface area contributed by atoms with E-state index < -0.39 is 6.10 Å². The van der Waals surface area contributed by atoms with E-state index in [0.717, 1.165) is 15.3 Å². The van der Waals surface area contributed by atoms with Crippen LogP contribution in [0.1, 0.15) is 21.4 Å². The van der Waals surface area contributed by atoms with E-state index in [9.17, 15) is 9.90 Å². The Morgan fingerprint density at radius 3 is 2.75 bits per heavy atom. The summed E-state index contributed by atoms with van der Waals surface area (Å²) in [4.78, 5) is 13.2. The SMILES string of the molecule is COCC(=O)NCc1ccc(C(O)c2ccccc2)s1. The zero-order chi connectivity index (χ0) is 14.4. The topological polar surface area (TPSA) is 58.6 Å². The van der Waals surface area contributed by atoms with Gasteiger partial charge in [0.25, 0.3) is 0 Å². The quantitative estimate of drug-likeness (QED) is 0.857. The smallest absolute Gasteiger partial charge is 0.246 e. The molecule has 0 spiro atoms. The van der Waals surface area contributed by atoms with Crippen LogP contribution in [0.25, 0.3) is 0 Å². The van der Waals surface area contributed by atoms with Gasteiger partial charge in [0.1, 0.15) is 12.7 Å². The molecule has 20 heavy (non-hydrogen) atoms. The van der Waals surface area contributed by atoms with Crippen molar-refractivity contribution in [1.82, 2.24) is 5.32 Å².